The van der Waals surface area contributed by atoms with Gasteiger partial charge in [0.1, 0.15) is 12.2 Å². The van der Waals surface area contributed by atoms with Crippen LogP contribution in [0.2, 0.25) is 0 Å². The number of aromatic amines is 1. The maximum atomic E-state index is 12.8. The number of halogens is 3. The molecule has 0 spiro atoms. The Morgan fingerprint density at radius 2 is 2.12 bits per heavy atom. The largest absolute Gasteiger partial charge is 0.393 e. The molecule has 2 rings (SSSR count). The van der Waals surface area contributed by atoms with Crippen LogP contribution in [0.1, 0.15) is 31.5 Å². The van der Waals surface area contributed by atoms with E-state index in [1.54, 1.807) is 0 Å². The van der Waals surface area contributed by atoms with Crippen LogP contribution in [-0.2, 0) is 6.54 Å². The molecule has 0 saturated heterocycles. The summed E-state index contributed by atoms with van der Waals surface area (Å²) in [7, 11) is 0. The Morgan fingerprint density at radius 1 is 1.35 bits per heavy atom. The normalized spacial score (nSPS) is 26.1. The highest BCUT2D eigenvalue weighted by Crippen LogP contribution is 2.37. The van der Waals surface area contributed by atoms with Crippen LogP contribution in [0.3, 0.4) is 0 Å². The van der Waals surface area contributed by atoms with Crippen molar-refractivity contribution in [3.63, 3.8) is 0 Å². The highest BCUT2D eigenvalue weighted by atomic mass is 19.4. The molecule has 96 valence electrons. The van der Waals surface area contributed by atoms with Crippen molar-refractivity contribution >= 4 is 0 Å². The monoisotopic (exact) mass is 248 g/mol. The molecule has 1 heterocycles. The first kappa shape index (κ1) is 12.3. The Balaban J connectivity index is 1.92. The zero-order valence-electron chi connectivity index (χ0n) is 9.30. The van der Waals surface area contributed by atoms with Gasteiger partial charge in [-0.1, -0.05) is 12.8 Å². The molecule has 0 aromatic carbocycles. The Morgan fingerprint density at radius 3 is 2.76 bits per heavy atom. The molecule has 0 aliphatic heterocycles. The fraction of sp³-hybridized carbons (Fsp3) is 0.800. The maximum Gasteiger partial charge on any atom is 0.393 e. The van der Waals surface area contributed by atoms with Crippen LogP contribution in [0.5, 0.6) is 0 Å². The van der Waals surface area contributed by atoms with Gasteiger partial charge >= 0.3 is 6.18 Å². The van der Waals surface area contributed by atoms with Gasteiger partial charge in [0.05, 0.1) is 12.5 Å². The first-order chi connectivity index (χ1) is 8.07. The molecule has 0 bridgehead atoms. The third-order valence-electron chi connectivity index (χ3n) is 3.18. The van der Waals surface area contributed by atoms with Gasteiger partial charge in [-0.05, 0) is 12.8 Å². The molecule has 1 fully saturated rings. The minimum absolute atomic E-state index is 0.220. The van der Waals surface area contributed by atoms with E-state index in [1.807, 2.05) is 0 Å². The first-order valence-corrected chi connectivity index (χ1v) is 5.71. The summed E-state index contributed by atoms with van der Waals surface area (Å²) in [6.07, 6.45) is -0.472. The lowest BCUT2D eigenvalue weighted by Gasteiger charge is -2.33. The predicted octanol–water partition coefficient (Wildman–Crippen LogP) is 2.02. The average molecular weight is 248 g/mol. The second-order valence-electron chi connectivity index (χ2n) is 4.35. The number of nitrogens with zero attached hydrogens (tertiary/aromatic N) is 2. The van der Waals surface area contributed by atoms with Crippen molar-refractivity contribution in [1.82, 2.24) is 20.5 Å². The van der Waals surface area contributed by atoms with Crippen molar-refractivity contribution in [3.8, 4) is 0 Å². The van der Waals surface area contributed by atoms with E-state index in [2.05, 4.69) is 20.5 Å². The average Bonchev–Trinajstić information content (AvgIpc) is 2.78. The van der Waals surface area contributed by atoms with Crippen molar-refractivity contribution < 1.29 is 13.2 Å². The van der Waals surface area contributed by atoms with Gasteiger partial charge in [-0.2, -0.15) is 18.3 Å². The number of rotatable bonds is 3. The second kappa shape index (κ2) is 5.03. The summed E-state index contributed by atoms with van der Waals surface area (Å²) < 4.78 is 38.3. The zero-order chi connectivity index (χ0) is 12.3. The smallest absolute Gasteiger partial charge is 0.306 e. The Bertz CT molecular complexity index is 336. The molecule has 0 amide bonds. The highest BCUT2D eigenvalue weighted by Gasteiger charge is 2.45. The minimum atomic E-state index is -4.11. The number of nitrogens with one attached hydrogen (secondary N) is 2. The van der Waals surface area contributed by atoms with E-state index in [0.717, 1.165) is 6.42 Å². The van der Waals surface area contributed by atoms with Crippen molar-refractivity contribution in [3.05, 3.63) is 12.2 Å². The molecular weight excluding hydrogens is 233 g/mol. The van der Waals surface area contributed by atoms with Crippen molar-refractivity contribution in [1.29, 1.82) is 0 Å². The van der Waals surface area contributed by atoms with Crippen LogP contribution in [0.25, 0.3) is 0 Å². The Labute approximate surface area is 97.0 Å². The zero-order valence-corrected chi connectivity index (χ0v) is 9.30. The number of alkyl halides is 3. The summed E-state index contributed by atoms with van der Waals surface area (Å²) >= 11 is 0. The van der Waals surface area contributed by atoms with E-state index in [4.69, 9.17) is 0 Å². The minimum Gasteiger partial charge on any atom is -0.306 e. The third kappa shape index (κ3) is 3.18. The van der Waals surface area contributed by atoms with Gasteiger partial charge in [-0.3, -0.25) is 5.10 Å². The molecule has 4 nitrogen and oxygen atoms in total. The van der Waals surface area contributed by atoms with Crippen molar-refractivity contribution in [2.24, 2.45) is 5.92 Å². The quantitative estimate of drug-likeness (QED) is 0.860. The van der Waals surface area contributed by atoms with Gasteiger partial charge in [0.15, 0.2) is 0 Å². The number of hydrogen-bond acceptors (Lipinski definition) is 3. The van der Waals surface area contributed by atoms with Gasteiger partial charge < -0.3 is 5.32 Å². The molecule has 1 aromatic rings. The van der Waals surface area contributed by atoms with E-state index >= 15 is 0 Å². The van der Waals surface area contributed by atoms with Gasteiger partial charge in [0.25, 0.3) is 0 Å². The SMILES string of the molecule is FC(F)(F)C1CCCCC1NCc1ncn[nH]1. The van der Waals surface area contributed by atoms with Crippen LogP contribution in [0.15, 0.2) is 6.33 Å². The number of hydrogen-bond donors (Lipinski definition) is 2. The lowest BCUT2D eigenvalue weighted by molar-refractivity contribution is -0.189. The van der Waals surface area contributed by atoms with Gasteiger partial charge in [0, 0.05) is 6.04 Å². The van der Waals surface area contributed by atoms with Gasteiger partial charge in [0.2, 0.25) is 0 Å². The topological polar surface area (TPSA) is 53.6 Å². The van der Waals surface area contributed by atoms with E-state index < -0.39 is 18.1 Å². The molecule has 1 aliphatic rings. The van der Waals surface area contributed by atoms with Crippen LogP contribution in [0, 0.1) is 5.92 Å². The third-order valence-corrected chi connectivity index (χ3v) is 3.18. The van der Waals surface area contributed by atoms with E-state index in [0.29, 0.717) is 25.2 Å². The molecule has 0 radical (unpaired) electrons. The Kier molecular flexibility index (Phi) is 3.66. The molecule has 1 aliphatic carbocycles. The molecule has 7 heteroatoms. The van der Waals surface area contributed by atoms with E-state index in [-0.39, 0.29) is 6.42 Å². The summed E-state index contributed by atoms with van der Waals surface area (Å²) in [5, 5.41) is 9.21. The summed E-state index contributed by atoms with van der Waals surface area (Å²) in [4.78, 5) is 3.88. The lowest BCUT2D eigenvalue weighted by Crippen LogP contribution is -2.45. The molecule has 2 atom stereocenters. The van der Waals surface area contributed by atoms with Crippen LogP contribution >= 0.6 is 0 Å². The number of H-pyrrole nitrogens is 1. The summed E-state index contributed by atoms with van der Waals surface area (Å²) in [5.74, 6) is -0.671. The highest BCUT2D eigenvalue weighted by molar-refractivity contribution is 4.88. The van der Waals surface area contributed by atoms with E-state index in [1.165, 1.54) is 6.33 Å². The maximum absolute atomic E-state index is 12.8. The number of aromatic nitrogens is 3. The molecule has 1 aromatic heterocycles. The molecule has 2 N–H and O–H groups in total. The van der Waals surface area contributed by atoms with Crippen LogP contribution < -0.4 is 5.32 Å². The van der Waals surface area contributed by atoms with Gasteiger partial charge in [-0.15, -0.1) is 0 Å². The summed E-state index contributed by atoms with van der Waals surface area (Å²) in [6.45, 7) is 0.303. The van der Waals surface area contributed by atoms with Gasteiger partial charge in [-0.25, -0.2) is 4.98 Å². The van der Waals surface area contributed by atoms with Crippen LogP contribution in [0.4, 0.5) is 13.2 Å². The standard InChI is InChI=1S/C10H15F3N4/c11-10(12,13)7-3-1-2-4-8(7)14-5-9-15-6-16-17-9/h6-8,14H,1-5H2,(H,15,16,17). The molecule has 17 heavy (non-hydrogen) atoms. The summed E-state index contributed by atoms with van der Waals surface area (Å²) in [5.41, 5.74) is 0. The molecule has 1 saturated carbocycles. The van der Waals surface area contributed by atoms with Crippen LogP contribution in [-0.4, -0.2) is 27.4 Å². The fourth-order valence-electron chi connectivity index (χ4n) is 2.31. The second-order valence-corrected chi connectivity index (χ2v) is 4.35. The van der Waals surface area contributed by atoms with Crippen molar-refractivity contribution in [2.45, 2.75) is 44.4 Å². The molecule has 2 unspecified atom stereocenters. The Hall–Kier alpha value is -1.11. The lowest BCUT2D eigenvalue weighted by atomic mass is 9.84. The van der Waals surface area contributed by atoms with E-state index in [9.17, 15) is 13.2 Å². The van der Waals surface area contributed by atoms with Crippen molar-refractivity contribution in [2.75, 3.05) is 0 Å². The fourth-order valence-corrected chi connectivity index (χ4v) is 2.31. The first-order valence-electron chi connectivity index (χ1n) is 5.71. The summed E-state index contributed by atoms with van der Waals surface area (Å²) in [6, 6.07) is -0.506. The molecular formula is C10H15F3N4. The predicted molar refractivity (Wildman–Crippen MR) is 55.0 cm³/mol.